The number of benzene rings is 3. The molecule has 0 saturated heterocycles. The number of carbonyl (C=O) groups is 2. The third-order valence-electron chi connectivity index (χ3n) is 5.00. The van der Waals surface area contributed by atoms with Crippen LogP contribution in [0, 0.1) is 0 Å². The topological polar surface area (TPSA) is 111 Å². The first-order valence-electron chi connectivity index (χ1n) is 9.74. The number of nitrogens with zero attached hydrogens (tertiary/aromatic N) is 2. The van der Waals surface area contributed by atoms with Crippen LogP contribution in [0.25, 0.3) is 10.8 Å². The van der Waals surface area contributed by atoms with E-state index in [1.54, 1.807) is 66.7 Å². The van der Waals surface area contributed by atoms with Gasteiger partial charge in [-0.15, -0.1) is 0 Å². The summed E-state index contributed by atoms with van der Waals surface area (Å²) in [5.41, 5.74) is 0.103. The Morgan fingerprint density at radius 1 is 0.938 bits per heavy atom. The number of methoxy groups -OCH3 is 1. The number of aromatic nitrogens is 2. The molecule has 8 heteroatoms. The molecule has 3 aromatic carbocycles. The third kappa shape index (κ3) is 3.93. The van der Waals surface area contributed by atoms with E-state index in [9.17, 15) is 19.5 Å². The van der Waals surface area contributed by atoms with Gasteiger partial charge in [0.15, 0.2) is 11.7 Å². The molecule has 0 radical (unpaired) electrons. The van der Waals surface area contributed by atoms with Crippen molar-refractivity contribution in [2.24, 2.45) is 0 Å². The van der Waals surface area contributed by atoms with Crippen LogP contribution in [0.3, 0.4) is 0 Å². The zero-order valence-electron chi connectivity index (χ0n) is 17.1. The van der Waals surface area contributed by atoms with Crippen molar-refractivity contribution in [3.8, 4) is 5.75 Å². The maximum Gasteiger partial charge on any atom is 0.357 e. The SMILES string of the molecule is COc1ccc(NC(=O)C(c2ccccc2)n2nc(C(=O)O)c3ccccc3c2=O)cc1. The zero-order chi connectivity index (χ0) is 22.7. The maximum atomic E-state index is 13.3. The largest absolute Gasteiger partial charge is 0.497 e. The molecule has 0 saturated carbocycles. The summed E-state index contributed by atoms with van der Waals surface area (Å²) >= 11 is 0. The lowest BCUT2D eigenvalue weighted by atomic mass is 10.1. The minimum Gasteiger partial charge on any atom is -0.497 e. The number of ether oxygens (including phenoxy) is 1. The normalized spacial score (nSPS) is 11.7. The monoisotopic (exact) mass is 429 g/mol. The number of carboxylic acid groups (broad SMARTS) is 1. The highest BCUT2D eigenvalue weighted by atomic mass is 16.5. The van der Waals surface area contributed by atoms with Crippen molar-refractivity contribution >= 4 is 28.3 Å². The summed E-state index contributed by atoms with van der Waals surface area (Å²) in [5.74, 6) is -1.21. The van der Waals surface area contributed by atoms with E-state index >= 15 is 0 Å². The van der Waals surface area contributed by atoms with Gasteiger partial charge in [0.25, 0.3) is 11.5 Å². The van der Waals surface area contributed by atoms with Crippen LogP contribution in [0.4, 0.5) is 5.69 Å². The number of hydrogen-bond donors (Lipinski definition) is 2. The first kappa shape index (κ1) is 20.8. The van der Waals surface area contributed by atoms with Crippen LogP contribution in [-0.2, 0) is 4.79 Å². The molecule has 32 heavy (non-hydrogen) atoms. The number of carboxylic acids is 1. The van der Waals surface area contributed by atoms with Crippen LogP contribution in [0.2, 0.25) is 0 Å². The Bertz CT molecular complexity index is 1350. The van der Waals surface area contributed by atoms with Gasteiger partial charge in [-0.1, -0.05) is 48.5 Å². The van der Waals surface area contributed by atoms with Crippen LogP contribution in [0.15, 0.2) is 83.7 Å². The summed E-state index contributed by atoms with van der Waals surface area (Å²) in [7, 11) is 1.54. The molecular formula is C24H19N3O5. The Kier molecular flexibility index (Phi) is 5.67. The van der Waals surface area contributed by atoms with E-state index in [2.05, 4.69) is 10.4 Å². The van der Waals surface area contributed by atoms with Crippen molar-refractivity contribution in [3.05, 3.63) is 100 Å². The molecule has 0 aliphatic carbocycles. The molecule has 1 amide bonds. The molecule has 0 aliphatic rings. The van der Waals surface area contributed by atoms with Crippen molar-refractivity contribution in [1.29, 1.82) is 0 Å². The first-order chi connectivity index (χ1) is 15.5. The van der Waals surface area contributed by atoms with E-state index in [4.69, 9.17) is 4.74 Å². The predicted octanol–water partition coefficient (Wildman–Crippen LogP) is 3.33. The smallest absolute Gasteiger partial charge is 0.357 e. The van der Waals surface area contributed by atoms with Crippen molar-refractivity contribution in [1.82, 2.24) is 9.78 Å². The summed E-state index contributed by atoms with van der Waals surface area (Å²) in [6.45, 7) is 0. The second kappa shape index (κ2) is 8.73. The molecule has 0 bridgehead atoms. The Labute approximate surface area is 182 Å². The van der Waals surface area contributed by atoms with Gasteiger partial charge in [-0.3, -0.25) is 9.59 Å². The van der Waals surface area contributed by atoms with Crippen LogP contribution in [0.5, 0.6) is 5.75 Å². The Balaban J connectivity index is 1.87. The molecule has 0 aliphatic heterocycles. The molecule has 4 rings (SSSR count). The van der Waals surface area contributed by atoms with E-state index in [1.807, 2.05) is 0 Å². The van der Waals surface area contributed by atoms with Crippen molar-refractivity contribution < 1.29 is 19.4 Å². The zero-order valence-corrected chi connectivity index (χ0v) is 17.1. The summed E-state index contributed by atoms with van der Waals surface area (Å²) in [5, 5.41) is 16.9. The van der Waals surface area contributed by atoms with Gasteiger partial charge < -0.3 is 15.2 Å². The quantitative estimate of drug-likeness (QED) is 0.486. The standard InChI is InChI=1S/C24H19N3O5/c1-32-17-13-11-16(12-14-17)25-22(28)21(15-7-3-2-4-8-15)27-23(29)19-10-6-5-9-18(19)20(26-27)24(30)31/h2-14,21H,1H3,(H,25,28)(H,30,31). The highest BCUT2D eigenvalue weighted by Crippen LogP contribution is 2.22. The average Bonchev–Trinajstić information content (AvgIpc) is 2.82. The number of anilines is 1. The van der Waals surface area contributed by atoms with E-state index < -0.39 is 23.5 Å². The fourth-order valence-corrected chi connectivity index (χ4v) is 3.46. The molecule has 2 N–H and O–H groups in total. The Morgan fingerprint density at radius 3 is 2.19 bits per heavy atom. The van der Waals surface area contributed by atoms with Gasteiger partial charge in [-0.2, -0.15) is 5.10 Å². The Hall–Kier alpha value is -4.46. The minimum atomic E-state index is -1.29. The number of fused-ring (bicyclic) bond motifs is 1. The van der Waals surface area contributed by atoms with Gasteiger partial charge in [0.05, 0.1) is 12.5 Å². The molecule has 4 aromatic rings. The van der Waals surface area contributed by atoms with Crippen molar-refractivity contribution in [3.63, 3.8) is 0 Å². The number of hydrogen-bond acceptors (Lipinski definition) is 5. The highest BCUT2D eigenvalue weighted by Gasteiger charge is 2.28. The maximum absolute atomic E-state index is 13.3. The summed E-state index contributed by atoms with van der Waals surface area (Å²) in [6.07, 6.45) is 0. The van der Waals surface area contributed by atoms with Crippen LogP contribution in [-0.4, -0.2) is 33.9 Å². The van der Waals surface area contributed by atoms with Gasteiger partial charge in [0.2, 0.25) is 0 Å². The van der Waals surface area contributed by atoms with Crippen molar-refractivity contribution in [2.75, 3.05) is 12.4 Å². The molecule has 1 heterocycles. The van der Waals surface area contributed by atoms with Crippen molar-refractivity contribution in [2.45, 2.75) is 6.04 Å². The van der Waals surface area contributed by atoms with Gasteiger partial charge >= 0.3 is 5.97 Å². The fourth-order valence-electron chi connectivity index (χ4n) is 3.46. The van der Waals surface area contributed by atoms with E-state index in [0.717, 1.165) is 4.68 Å². The highest BCUT2D eigenvalue weighted by molar-refractivity contribution is 6.01. The van der Waals surface area contributed by atoms with Gasteiger partial charge in [-0.05, 0) is 35.9 Å². The molecule has 0 spiro atoms. The summed E-state index contributed by atoms with van der Waals surface area (Å²) < 4.78 is 6.06. The third-order valence-corrected chi connectivity index (χ3v) is 5.00. The molecule has 1 unspecified atom stereocenters. The molecule has 0 fully saturated rings. The molecule has 1 atom stereocenters. The summed E-state index contributed by atoms with van der Waals surface area (Å²) in [6, 6.07) is 20.4. The lowest BCUT2D eigenvalue weighted by Gasteiger charge is -2.20. The average molecular weight is 429 g/mol. The van der Waals surface area contributed by atoms with Crippen LogP contribution in [0.1, 0.15) is 22.1 Å². The molecule has 1 aromatic heterocycles. The number of amides is 1. The van der Waals surface area contributed by atoms with E-state index in [0.29, 0.717) is 17.0 Å². The van der Waals surface area contributed by atoms with E-state index in [-0.39, 0.29) is 16.5 Å². The number of nitrogens with one attached hydrogen (secondary N) is 1. The van der Waals surface area contributed by atoms with E-state index in [1.165, 1.54) is 19.2 Å². The van der Waals surface area contributed by atoms with Gasteiger partial charge in [-0.25, -0.2) is 9.48 Å². The molecular weight excluding hydrogens is 410 g/mol. The molecule has 8 nitrogen and oxygen atoms in total. The number of rotatable bonds is 6. The molecule has 160 valence electrons. The number of carbonyl (C=O) groups excluding carboxylic acids is 1. The van der Waals surface area contributed by atoms with Crippen LogP contribution >= 0.6 is 0 Å². The summed E-state index contributed by atoms with van der Waals surface area (Å²) in [4.78, 5) is 38.5. The van der Waals surface area contributed by atoms with Crippen LogP contribution < -0.4 is 15.6 Å². The number of aromatic carboxylic acids is 1. The fraction of sp³-hybridized carbons (Fsp3) is 0.0833. The second-order valence-electron chi connectivity index (χ2n) is 6.98. The second-order valence-corrected chi connectivity index (χ2v) is 6.98. The predicted molar refractivity (Wildman–Crippen MR) is 119 cm³/mol. The van der Waals surface area contributed by atoms with Gasteiger partial charge in [0, 0.05) is 11.1 Å². The minimum absolute atomic E-state index is 0.165. The Morgan fingerprint density at radius 2 is 1.56 bits per heavy atom. The lowest BCUT2D eigenvalue weighted by Crippen LogP contribution is -2.37. The van der Waals surface area contributed by atoms with Gasteiger partial charge in [0.1, 0.15) is 5.75 Å². The lowest BCUT2D eigenvalue weighted by molar-refractivity contribution is -0.118. The first-order valence-corrected chi connectivity index (χ1v) is 9.74.